The van der Waals surface area contributed by atoms with E-state index in [2.05, 4.69) is 4.98 Å². The van der Waals surface area contributed by atoms with Gasteiger partial charge < -0.3 is 15.3 Å². The number of pyridine rings is 1. The third-order valence-corrected chi connectivity index (χ3v) is 2.12. The average molecular weight is 183 g/mol. The molecule has 0 aliphatic heterocycles. The molecule has 1 heterocycles. The SMILES string of the molecule is OCC(CO)(CO)c1ccccn1. The van der Waals surface area contributed by atoms with Crippen LogP contribution in [0, 0.1) is 0 Å². The van der Waals surface area contributed by atoms with Crippen LogP contribution in [0.2, 0.25) is 0 Å². The Balaban J connectivity index is 3.01. The third-order valence-electron chi connectivity index (χ3n) is 2.12. The van der Waals surface area contributed by atoms with Crippen LogP contribution in [0.4, 0.5) is 0 Å². The number of aliphatic hydroxyl groups excluding tert-OH is 3. The number of nitrogens with zero attached hydrogens (tertiary/aromatic N) is 1. The normalized spacial score (nSPS) is 11.6. The highest BCUT2D eigenvalue weighted by Crippen LogP contribution is 2.19. The Bertz CT molecular complexity index is 238. The molecular weight excluding hydrogens is 170 g/mol. The second-order valence-corrected chi connectivity index (χ2v) is 2.97. The summed E-state index contributed by atoms with van der Waals surface area (Å²) in [5.74, 6) is 0. The minimum Gasteiger partial charge on any atom is -0.395 e. The molecule has 4 heteroatoms. The van der Waals surface area contributed by atoms with Gasteiger partial charge in [0.25, 0.3) is 0 Å². The molecule has 0 spiro atoms. The third kappa shape index (κ3) is 1.85. The van der Waals surface area contributed by atoms with Crippen molar-refractivity contribution < 1.29 is 15.3 Å². The lowest BCUT2D eigenvalue weighted by Gasteiger charge is -2.26. The van der Waals surface area contributed by atoms with Crippen molar-refractivity contribution in [3.63, 3.8) is 0 Å². The molecule has 1 rings (SSSR count). The fourth-order valence-corrected chi connectivity index (χ4v) is 1.07. The van der Waals surface area contributed by atoms with E-state index >= 15 is 0 Å². The first-order valence-electron chi connectivity index (χ1n) is 4.03. The molecule has 0 aliphatic carbocycles. The van der Waals surface area contributed by atoms with Gasteiger partial charge in [-0.3, -0.25) is 4.98 Å². The van der Waals surface area contributed by atoms with E-state index in [9.17, 15) is 0 Å². The quantitative estimate of drug-likeness (QED) is 0.577. The molecule has 13 heavy (non-hydrogen) atoms. The van der Waals surface area contributed by atoms with Crippen molar-refractivity contribution in [3.8, 4) is 0 Å². The van der Waals surface area contributed by atoms with Crippen molar-refractivity contribution in [2.45, 2.75) is 5.41 Å². The molecular formula is C9H13NO3. The van der Waals surface area contributed by atoms with Crippen LogP contribution in [0.1, 0.15) is 5.69 Å². The average Bonchev–Trinajstić information content (AvgIpc) is 2.23. The summed E-state index contributed by atoms with van der Waals surface area (Å²) in [6, 6.07) is 5.15. The lowest BCUT2D eigenvalue weighted by molar-refractivity contribution is 0.0613. The minimum absolute atomic E-state index is 0.322. The van der Waals surface area contributed by atoms with Crippen molar-refractivity contribution in [2.75, 3.05) is 19.8 Å². The summed E-state index contributed by atoms with van der Waals surface area (Å²) >= 11 is 0. The van der Waals surface area contributed by atoms with E-state index in [0.717, 1.165) is 0 Å². The highest BCUT2D eigenvalue weighted by molar-refractivity contribution is 5.17. The fraction of sp³-hybridized carbons (Fsp3) is 0.444. The molecule has 3 N–H and O–H groups in total. The summed E-state index contributed by atoms with van der Waals surface area (Å²) in [7, 11) is 0. The van der Waals surface area contributed by atoms with Crippen LogP contribution < -0.4 is 0 Å². The lowest BCUT2D eigenvalue weighted by atomic mass is 9.87. The van der Waals surface area contributed by atoms with E-state index in [4.69, 9.17) is 15.3 Å². The van der Waals surface area contributed by atoms with Crippen LogP contribution in [0.25, 0.3) is 0 Å². The van der Waals surface area contributed by atoms with Crippen molar-refractivity contribution in [2.24, 2.45) is 0 Å². The van der Waals surface area contributed by atoms with Gasteiger partial charge in [0.1, 0.15) is 0 Å². The summed E-state index contributed by atoms with van der Waals surface area (Å²) in [6.45, 7) is -0.967. The van der Waals surface area contributed by atoms with Crippen LogP contribution in [0.5, 0.6) is 0 Å². The Labute approximate surface area is 76.5 Å². The Morgan fingerprint density at radius 2 is 1.69 bits per heavy atom. The van der Waals surface area contributed by atoms with E-state index < -0.39 is 5.41 Å². The largest absolute Gasteiger partial charge is 0.395 e. The van der Waals surface area contributed by atoms with E-state index in [-0.39, 0.29) is 19.8 Å². The zero-order chi connectivity index (χ0) is 9.73. The van der Waals surface area contributed by atoms with Gasteiger partial charge in [-0.1, -0.05) is 6.07 Å². The van der Waals surface area contributed by atoms with Crippen LogP contribution in [-0.4, -0.2) is 40.1 Å². The Morgan fingerprint density at radius 1 is 1.08 bits per heavy atom. The van der Waals surface area contributed by atoms with Crippen LogP contribution >= 0.6 is 0 Å². The van der Waals surface area contributed by atoms with E-state index in [1.807, 2.05) is 0 Å². The molecule has 72 valence electrons. The highest BCUT2D eigenvalue weighted by atomic mass is 16.3. The van der Waals surface area contributed by atoms with Crippen molar-refractivity contribution in [1.82, 2.24) is 4.98 Å². The molecule has 0 unspecified atom stereocenters. The maximum Gasteiger partial charge on any atom is 0.0817 e. The predicted molar refractivity (Wildman–Crippen MR) is 47.2 cm³/mol. The summed E-state index contributed by atoms with van der Waals surface area (Å²) in [5, 5.41) is 27.2. The van der Waals surface area contributed by atoms with Gasteiger partial charge in [-0.2, -0.15) is 0 Å². The fourth-order valence-electron chi connectivity index (χ4n) is 1.07. The van der Waals surface area contributed by atoms with Gasteiger partial charge in [0, 0.05) is 6.20 Å². The molecule has 0 saturated heterocycles. The standard InChI is InChI=1S/C9H13NO3/c11-5-9(6-12,7-13)8-3-1-2-4-10-8/h1-4,11-13H,5-7H2. The second kappa shape index (κ2) is 4.32. The molecule has 4 nitrogen and oxygen atoms in total. The van der Waals surface area contributed by atoms with Gasteiger partial charge in [0.2, 0.25) is 0 Å². The van der Waals surface area contributed by atoms with Gasteiger partial charge in [-0.25, -0.2) is 0 Å². The Kier molecular flexibility index (Phi) is 3.36. The second-order valence-electron chi connectivity index (χ2n) is 2.97. The molecule has 0 atom stereocenters. The van der Waals surface area contributed by atoms with Gasteiger partial charge in [0.15, 0.2) is 0 Å². The maximum atomic E-state index is 9.07. The molecule has 0 saturated carbocycles. The van der Waals surface area contributed by atoms with Gasteiger partial charge in [0.05, 0.1) is 30.9 Å². The van der Waals surface area contributed by atoms with Crippen molar-refractivity contribution >= 4 is 0 Å². The number of aromatic nitrogens is 1. The van der Waals surface area contributed by atoms with Crippen LogP contribution in [0.3, 0.4) is 0 Å². The Morgan fingerprint density at radius 3 is 2.08 bits per heavy atom. The maximum absolute atomic E-state index is 9.07. The zero-order valence-electron chi connectivity index (χ0n) is 7.22. The van der Waals surface area contributed by atoms with E-state index in [1.54, 1.807) is 24.4 Å². The zero-order valence-corrected chi connectivity index (χ0v) is 7.22. The predicted octanol–water partition coefficient (Wildman–Crippen LogP) is -0.704. The molecule has 0 fully saturated rings. The number of aliphatic hydroxyl groups is 3. The molecule has 0 radical (unpaired) electrons. The highest BCUT2D eigenvalue weighted by Gasteiger charge is 2.31. The van der Waals surface area contributed by atoms with E-state index in [0.29, 0.717) is 5.69 Å². The number of hydrogen-bond acceptors (Lipinski definition) is 4. The lowest BCUT2D eigenvalue weighted by Crippen LogP contribution is -2.39. The number of rotatable bonds is 4. The topological polar surface area (TPSA) is 73.6 Å². The summed E-state index contributed by atoms with van der Waals surface area (Å²) in [4.78, 5) is 3.98. The summed E-state index contributed by atoms with van der Waals surface area (Å²) in [5.41, 5.74) is -0.524. The molecule has 1 aromatic rings. The monoisotopic (exact) mass is 183 g/mol. The minimum atomic E-state index is -1.03. The molecule has 0 aliphatic rings. The smallest absolute Gasteiger partial charge is 0.0817 e. The van der Waals surface area contributed by atoms with Crippen molar-refractivity contribution in [3.05, 3.63) is 30.1 Å². The van der Waals surface area contributed by atoms with Crippen LogP contribution in [-0.2, 0) is 5.41 Å². The van der Waals surface area contributed by atoms with Crippen LogP contribution in [0.15, 0.2) is 24.4 Å². The van der Waals surface area contributed by atoms with Gasteiger partial charge in [-0.05, 0) is 12.1 Å². The Hall–Kier alpha value is -0.970. The number of hydrogen-bond donors (Lipinski definition) is 3. The van der Waals surface area contributed by atoms with Crippen molar-refractivity contribution in [1.29, 1.82) is 0 Å². The molecule has 0 aromatic carbocycles. The van der Waals surface area contributed by atoms with E-state index in [1.165, 1.54) is 0 Å². The van der Waals surface area contributed by atoms with Gasteiger partial charge in [-0.15, -0.1) is 0 Å². The molecule has 1 aromatic heterocycles. The summed E-state index contributed by atoms with van der Waals surface area (Å²) < 4.78 is 0. The molecule has 0 bridgehead atoms. The molecule has 0 amide bonds. The first-order valence-corrected chi connectivity index (χ1v) is 4.03. The first-order chi connectivity index (χ1) is 6.29. The van der Waals surface area contributed by atoms with Gasteiger partial charge >= 0.3 is 0 Å². The first kappa shape index (κ1) is 10.1. The summed E-state index contributed by atoms with van der Waals surface area (Å²) in [6.07, 6.45) is 1.56.